The van der Waals surface area contributed by atoms with Gasteiger partial charge in [0.2, 0.25) is 5.88 Å². The van der Waals surface area contributed by atoms with Crippen molar-refractivity contribution in [2.24, 2.45) is 0 Å². The molecule has 0 saturated heterocycles. The van der Waals surface area contributed by atoms with E-state index in [4.69, 9.17) is 4.74 Å². The van der Waals surface area contributed by atoms with Crippen LogP contribution in [0.3, 0.4) is 0 Å². The van der Waals surface area contributed by atoms with Crippen LogP contribution in [0.2, 0.25) is 0 Å². The minimum absolute atomic E-state index is 0.0102. The summed E-state index contributed by atoms with van der Waals surface area (Å²) in [5.41, 5.74) is -0.329. The topological polar surface area (TPSA) is 96.3 Å². The van der Waals surface area contributed by atoms with Gasteiger partial charge in [-0.3, -0.25) is 9.20 Å². The Morgan fingerprint density at radius 1 is 1.23 bits per heavy atom. The average Bonchev–Trinajstić information content (AvgIpc) is 3.36. The van der Waals surface area contributed by atoms with E-state index < -0.39 is 11.9 Å². The number of aromatic amines is 1. The number of amides is 1. The lowest BCUT2D eigenvalue weighted by atomic mass is 9.91. The number of pyridine rings is 1. The van der Waals surface area contributed by atoms with Crippen LogP contribution in [-0.4, -0.2) is 44.7 Å². The van der Waals surface area contributed by atoms with E-state index in [0.717, 1.165) is 31.9 Å². The van der Waals surface area contributed by atoms with E-state index in [0.29, 0.717) is 17.3 Å². The highest BCUT2D eigenvalue weighted by Gasteiger charge is 2.34. The Kier molecular flexibility index (Phi) is 5.27. The van der Waals surface area contributed by atoms with Crippen molar-refractivity contribution in [3.63, 3.8) is 0 Å². The number of fused-ring (bicyclic) bond motifs is 1. The zero-order valence-corrected chi connectivity index (χ0v) is 16.2. The summed E-state index contributed by atoms with van der Waals surface area (Å²) in [6.07, 6.45) is 0.964. The number of H-pyrrole nitrogens is 1. The van der Waals surface area contributed by atoms with E-state index in [-0.39, 0.29) is 23.6 Å². The first-order valence-corrected chi connectivity index (χ1v) is 9.55. The van der Waals surface area contributed by atoms with Crippen molar-refractivity contribution in [2.45, 2.75) is 43.9 Å². The second kappa shape index (κ2) is 7.88. The maximum atomic E-state index is 13.0. The normalized spacial score (nSPS) is 19.6. The molecular formula is C19H21F3N6O2. The van der Waals surface area contributed by atoms with E-state index in [2.05, 4.69) is 25.8 Å². The van der Waals surface area contributed by atoms with Crippen LogP contribution in [0, 0.1) is 0 Å². The lowest BCUT2D eigenvalue weighted by Gasteiger charge is -2.30. The number of anilines is 1. The molecule has 4 rings (SSSR count). The summed E-state index contributed by atoms with van der Waals surface area (Å²) in [4.78, 5) is 16.0. The van der Waals surface area contributed by atoms with Gasteiger partial charge in [0.05, 0.1) is 13.3 Å². The number of imidazole rings is 1. The number of halogens is 3. The van der Waals surface area contributed by atoms with Gasteiger partial charge < -0.3 is 15.4 Å². The number of nitrogens with one attached hydrogen (secondary N) is 3. The zero-order chi connectivity index (χ0) is 21.3. The summed E-state index contributed by atoms with van der Waals surface area (Å²) in [5.74, 6) is 0.625. The van der Waals surface area contributed by atoms with E-state index >= 15 is 0 Å². The molecule has 0 aromatic carbocycles. The average molecular weight is 422 g/mol. The molecule has 0 spiro atoms. The smallest absolute Gasteiger partial charge is 0.434 e. The number of ether oxygens (including phenoxy) is 1. The predicted octanol–water partition coefficient (Wildman–Crippen LogP) is 3.24. The van der Waals surface area contributed by atoms with Gasteiger partial charge in [0.1, 0.15) is 17.0 Å². The van der Waals surface area contributed by atoms with Crippen LogP contribution in [0.1, 0.15) is 41.7 Å². The predicted molar refractivity (Wildman–Crippen MR) is 102 cm³/mol. The first kappa shape index (κ1) is 20.0. The van der Waals surface area contributed by atoms with Crippen molar-refractivity contribution in [3.05, 3.63) is 41.9 Å². The molecule has 0 atom stereocenters. The molecule has 3 heterocycles. The maximum Gasteiger partial charge on any atom is 0.434 e. The van der Waals surface area contributed by atoms with Gasteiger partial charge in [-0.25, -0.2) is 10.1 Å². The highest BCUT2D eigenvalue weighted by atomic mass is 19.4. The van der Waals surface area contributed by atoms with E-state index in [1.54, 1.807) is 12.1 Å². The van der Waals surface area contributed by atoms with Gasteiger partial charge in [-0.1, -0.05) is 6.07 Å². The molecule has 11 heteroatoms. The van der Waals surface area contributed by atoms with Crippen LogP contribution >= 0.6 is 0 Å². The molecule has 1 fully saturated rings. The molecule has 3 N–H and O–H groups in total. The molecule has 0 radical (unpaired) electrons. The first-order valence-electron chi connectivity index (χ1n) is 9.55. The lowest BCUT2D eigenvalue weighted by molar-refractivity contribution is -0.140. The second-order valence-electron chi connectivity index (χ2n) is 7.25. The molecule has 0 bridgehead atoms. The van der Waals surface area contributed by atoms with Gasteiger partial charge in [0, 0.05) is 18.3 Å². The number of alkyl halides is 3. The molecule has 1 aliphatic rings. The van der Waals surface area contributed by atoms with Crippen LogP contribution in [0.25, 0.3) is 5.65 Å². The molecule has 30 heavy (non-hydrogen) atoms. The Bertz CT molecular complexity index is 1040. The molecule has 3 aromatic heterocycles. The Labute approximate surface area is 169 Å². The minimum atomic E-state index is -4.49. The van der Waals surface area contributed by atoms with Gasteiger partial charge in [-0.2, -0.15) is 18.3 Å². The number of rotatable bonds is 5. The number of aromatic nitrogens is 4. The third-order valence-corrected chi connectivity index (χ3v) is 5.25. The fraction of sp³-hybridized carbons (Fsp3) is 0.421. The van der Waals surface area contributed by atoms with Crippen LogP contribution in [0.15, 0.2) is 30.6 Å². The third-order valence-electron chi connectivity index (χ3n) is 5.25. The van der Waals surface area contributed by atoms with Crippen LogP contribution in [-0.2, 0) is 6.18 Å². The third kappa shape index (κ3) is 4.05. The summed E-state index contributed by atoms with van der Waals surface area (Å²) in [5, 5.41) is 12.7. The van der Waals surface area contributed by atoms with Crippen molar-refractivity contribution >= 4 is 17.4 Å². The minimum Gasteiger partial charge on any atom is -0.481 e. The highest BCUT2D eigenvalue weighted by molar-refractivity contribution is 5.96. The molecule has 3 aromatic rings. The Morgan fingerprint density at radius 2 is 1.97 bits per heavy atom. The number of hydrogen-bond acceptors (Lipinski definition) is 5. The summed E-state index contributed by atoms with van der Waals surface area (Å²) >= 11 is 0. The molecule has 8 nitrogen and oxygen atoms in total. The molecule has 0 aliphatic heterocycles. The van der Waals surface area contributed by atoms with Crippen LogP contribution in [0.4, 0.5) is 19.0 Å². The standard InChI is InChI=1S/C19H21F3N6O2/c1-30-18-13(9-23-27-18)17(29)25-12-7-5-11(6-8-12)24-15-3-2-4-16-26-14(10-28(15)16)19(20,21)22/h2-4,9-12,24H,5-8H2,1H3,(H,23,27)(H,25,29)/t11-,12+. The molecule has 0 unspecified atom stereocenters. The largest absolute Gasteiger partial charge is 0.481 e. The van der Waals surface area contributed by atoms with Crippen LogP contribution < -0.4 is 15.4 Å². The molecule has 1 saturated carbocycles. The quantitative estimate of drug-likeness (QED) is 0.587. The molecule has 160 valence electrons. The number of carbonyl (C=O) groups is 1. The summed E-state index contributed by atoms with van der Waals surface area (Å²) in [6.45, 7) is 0. The summed E-state index contributed by atoms with van der Waals surface area (Å²) < 4.78 is 45.4. The number of nitrogens with zero attached hydrogens (tertiary/aromatic N) is 3. The highest BCUT2D eigenvalue weighted by Crippen LogP contribution is 2.30. The Morgan fingerprint density at radius 3 is 2.67 bits per heavy atom. The van der Waals surface area contributed by atoms with Crippen molar-refractivity contribution < 1.29 is 22.7 Å². The Hall–Kier alpha value is -3.24. The van der Waals surface area contributed by atoms with E-state index in [9.17, 15) is 18.0 Å². The zero-order valence-electron chi connectivity index (χ0n) is 16.2. The van der Waals surface area contributed by atoms with Crippen LogP contribution in [0.5, 0.6) is 5.88 Å². The fourth-order valence-corrected chi connectivity index (χ4v) is 3.71. The van der Waals surface area contributed by atoms with Gasteiger partial charge in [0.25, 0.3) is 5.91 Å². The molecule has 1 aliphatic carbocycles. The van der Waals surface area contributed by atoms with Crippen molar-refractivity contribution in [3.8, 4) is 5.88 Å². The lowest BCUT2D eigenvalue weighted by Crippen LogP contribution is -2.40. The van der Waals surface area contributed by atoms with Crippen molar-refractivity contribution in [1.29, 1.82) is 0 Å². The monoisotopic (exact) mass is 422 g/mol. The summed E-state index contributed by atoms with van der Waals surface area (Å²) in [6, 6.07) is 5.04. The van der Waals surface area contributed by atoms with E-state index in [1.807, 2.05) is 0 Å². The fourth-order valence-electron chi connectivity index (χ4n) is 3.71. The van der Waals surface area contributed by atoms with Gasteiger partial charge in [-0.15, -0.1) is 0 Å². The Balaban J connectivity index is 1.37. The molecular weight excluding hydrogens is 401 g/mol. The number of carbonyl (C=O) groups excluding carboxylic acids is 1. The second-order valence-corrected chi connectivity index (χ2v) is 7.25. The van der Waals surface area contributed by atoms with Gasteiger partial charge in [0.15, 0.2) is 5.69 Å². The first-order chi connectivity index (χ1) is 14.3. The summed E-state index contributed by atoms with van der Waals surface area (Å²) in [7, 11) is 1.46. The van der Waals surface area contributed by atoms with Gasteiger partial charge in [-0.05, 0) is 37.8 Å². The maximum absolute atomic E-state index is 13.0. The van der Waals surface area contributed by atoms with E-state index in [1.165, 1.54) is 23.8 Å². The number of hydrogen-bond donors (Lipinski definition) is 3. The molecule has 1 amide bonds. The van der Waals surface area contributed by atoms with Crippen molar-refractivity contribution in [2.75, 3.05) is 12.4 Å². The number of methoxy groups -OCH3 is 1. The van der Waals surface area contributed by atoms with Gasteiger partial charge >= 0.3 is 6.18 Å². The SMILES string of the molecule is COc1[nH]ncc1C(=O)N[C@H]1CC[C@@H](Nc2cccc3nc(C(F)(F)F)cn23)CC1. The van der Waals surface area contributed by atoms with Crippen molar-refractivity contribution in [1.82, 2.24) is 24.9 Å².